The molecular formula is C24H32Cl2N2O6. The fourth-order valence-corrected chi connectivity index (χ4v) is 4.35. The number of nitrogens with one attached hydrogen (secondary N) is 2. The number of unbranched alkanes of at least 4 members (excludes halogenated alkanes) is 2. The summed E-state index contributed by atoms with van der Waals surface area (Å²) < 4.78 is 10.7. The number of hydrogen-bond donors (Lipinski definition) is 2. The molecule has 188 valence electrons. The Balaban J connectivity index is 1.85. The molecule has 0 unspecified atom stereocenters. The maximum Gasteiger partial charge on any atom is 0.414 e. The summed E-state index contributed by atoms with van der Waals surface area (Å²) in [5.74, 6) is -1.62. The number of alkyl carbamates (subject to hydrolysis) is 2. The molecule has 2 N–H and O–H groups in total. The zero-order valence-corrected chi connectivity index (χ0v) is 20.6. The summed E-state index contributed by atoms with van der Waals surface area (Å²) in [7, 11) is 0. The van der Waals surface area contributed by atoms with Gasteiger partial charge in [0.2, 0.25) is 11.8 Å². The fourth-order valence-electron chi connectivity index (χ4n) is 4.21. The molecule has 34 heavy (non-hydrogen) atoms. The van der Waals surface area contributed by atoms with Gasteiger partial charge in [-0.3, -0.25) is 20.2 Å². The summed E-state index contributed by atoms with van der Waals surface area (Å²) in [5, 5.41) is 4.16. The Morgan fingerprint density at radius 2 is 1.53 bits per heavy atom. The number of amides is 4. The van der Waals surface area contributed by atoms with Crippen molar-refractivity contribution in [3.05, 3.63) is 35.9 Å². The lowest BCUT2D eigenvalue weighted by molar-refractivity contribution is -0.119. The summed E-state index contributed by atoms with van der Waals surface area (Å²) in [5.41, 5.74) is 1.31. The zero-order valence-electron chi connectivity index (χ0n) is 19.1. The molecule has 0 aliphatic heterocycles. The van der Waals surface area contributed by atoms with Crippen molar-refractivity contribution in [1.82, 2.24) is 10.6 Å². The monoisotopic (exact) mass is 514 g/mol. The van der Waals surface area contributed by atoms with E-state index < -0.39 is 24.0 Å². The van der Waals surface area contributed by atoms with E-state index in [0.717, 1.165) is 32.1 Å². The minimum absolute atomic E-state index is 0.0818. The van der Waals surface area contributed by atoms with Crippen molar-refractivity contribution in [3.63, 3.8) is 0 Å². The van der Waals surface area contributed by atoms with E-state index in [-0.39, 0.29) is 36.3 Å². The van der Waals surface area contributed by atoms with Gasteiger partial charge in [-0.15, -0.1) is 23.2 Å². The number of imide groups is 2. The molecule has 1 fully saturated rings. The van der Waals surface area contributed by atoms with E-state index >= 15 is 0 Å². The number of carbonyl (C=O) groups excluding carboxylic acids is 4. The highest BCUT2D eigenvalue weighted by molar-refractivity contribution is 6.28. The Morgan fingerprint density at radius 1 is 0.853 bits per heavy atom. The molecule has 4 amide bonds. The summed E-state index contributed by atoms with van der Waals surface area (Å²) in [6.07, 6.45) is 4.97. The SMILES string of the molecule is O=C(CCl)NC(=O)OC[C@H]1CC[C@H](OC(=O)NC(=O)CCl)C[C@@H]1CCCCCc1ccccc1. The van der Waals surface area contributed by atoms with Crippen molar-refractivity contribution in [2.24, 2.45) is 11.8 Å². The highest BCUT2D eigenvalue weighted by Gasteiger charge is 2.33. The first-order valence-corrected chi connectivity index (χ1v) is 12.6. The van der Waals surface area contributed by atoms with Gasteiger partial charge in [0.1, 0.15) is 17.9 Å². The molecule has 1 aromatic rings. The minimum Gasteiger partial charge on any atom is -0.449 e. The van der Waals surface area contributed by atoms with Crippen LogP contribution < -0.4 is 10.6 Å². The van der Waals surface area contributed by atoms with Crippen LogP contribution in [0, 0.1) is 11.8 Å². The molecule has 0 spiro atoms. The van der Waals surface area contributed by atoms with Crippen LogP contribution in [-0.2, 0) is 25.5 Å². The maximum atomic E-state index is 11.9. The summed E-state index contributed by atoms with van der Waals surface area (Å²) in [6, 6.07) is 10.3. The molecule has 0 radical (unpaired) electrons. The highest BCUT2D eigenvalue weighted by atomic mass is 35.5. The molecule has 10 heteroatoms. The normalized spacial score (nSPS) is 19.6. The van der Waals surface area contributed by atoms with Crippen molar-refractivity contribution in [1.29, 1.82) is 0 Å². The van der Waals surface area contributed by atoms with Crippen molar-refractivity contribution in [3.8, 4) is 0 Å². The lowest BCUT2D eigenvalue weighted by atomic mass is 9.75. The molecule has 0 bridgehead atoms. The number of ether oxygens (including phenoxy) is 2. The summed E-state index contributed by atoms with van der Waals surface area (Å²) >= 11 is 10.8. The van der Waals surface area contributed by atoms with E-state index in [4.69, 9.17) is 32.7 Å². The average molecular weight is 515 g/mol. The number of alkyl halides is 2. The van der Waals surface area contributed by atoms with E-state index in [2.05, 4.69) is 22.8 Å². The van der Waals surface area contributed by atoms with Crippen LogP contribution in [0.15, 0.2) is 30.3 Å². The number of benzene rings is 1. The first-order chi connectivity index (χ1) is 16.4. The van der Waals surface area contributed by atoms with Crippen molar-refractivity contribution in [2.75, 3.05) is 18.4 Å². The van der Waals surface area contributed by atoms with Gasteiger partial charge in [-0.05, 0) is 55.9 Å². The van der Waals surface area contributed by atoms with Crippen molar-refractivity contribution in [2.45, 2.75) is 57.5 Å². The maximum absolute atomic E-state index is 11.9. The van der Waals surface area contributed by atoms with Gasteiger partial charge >= 0.3 is 12.2 Å². The Morgan fingerprint density at radius 3 is 2.21 bits per heavy atom. The Labute approximate surface area is 210 Å². The Kier molecular flexibility index (Phi) is 12.8. The molecule has 0 aromatic heterocycles. The molecule has 3 atom stereocenters. The molecule has 0 heterocycles. The lowest BCUT2D eigenvalue weighted by Gasteiger charge is -2.35. The second-order valence-corrected chi connectivity index (χ2v) is 8.94. The van der Waals surface area contributed by atoms with E-state index in [1.165, 1.54) is 5.56 Å². The third kappa shape index (κ3) is 10.7. The number of halogens is 2. The van der Waals surface area contributed by atoms with Crippen LogP contribution >= 0.6 is 23.2 Å². The van der Waals surface area contributed by atoms with Crippen molar-refractivity contribution < 1.29 is 28.7 Å². The van der Waals surface area contributed by atoms with Gasteiger partial charge in [0.05, 0.1) is 6.61 Å². The molecule has 1 saturated carbocycles. The minimum atomic E-state index is -0.815. The molecule has 1 aromatic carbocycles. The first kappa shape index (κ1) is 27.9. The molecule has 1 aliphatic rings. The molecular weight excluding hydrogens is 483 g/mol. The number of carbonyl (C=O) groups is 4. The summed E-state index contributed by atoms with van der Waals surface area (Å²) in [6.45, 7) is 0.166. The van der Waals surface area contributed by atoms with Crippen LogP contribution in [-0.4, -0.2) is 48.5 Å². The second-order valence-electron chi connectivity index (χ2n) is 8.41. The number of rotatable bonds is 11. The third-order valence-electron chi connectivity index (χ3n) is 5.90. The van der Waals surface area contributed by atoms with Crippen LogP contribution in [0.3, 0.4) is 0 Å². The zero-order chi connectivity index (χ0) is 24.8. The quantitative estimate of drug-likeness (QED) is 0.330. The smallest absolute Gasteiger partial charge is 0.414 e. The fraction of sp³-hybridized carbons (Fsp3) is 0.583. The molecule has 8 nitrogen and oxygen atoms in total. The van der Waals surface area contributed by atoms with Crippen LogP contribution in [0.2, 0.25) is 0 Å². The van der Waals surface area contributed by atoms with Gasteiger partial charge in [-0.1, -0.05) is 43.2 Å². The number of aryl methyl sites for hydroxylation is 1. The van der Waals surface area contributed by atoms with E-state index in [0.29, 0.717) is 19.3 Å². The van der Waals surface area contributed by atoms with E-state index in [1.807, 2.05) is 18.2 Å². The molecule has 0 saturated heterocycles. The van der Waals surface area contributed by atoms with Crippen LogP contribution in [0.4, 0.5) is 9.59 Å². The number of hydrogen-bond acceptors (Lipinski definition) is 6. The van der Waals surface area contributed by atoms with Gasteiger partial charge in [0, 0.05) is 0 Å². The standard InChI is InChI=1S/C24H32Cl2N2O6/c25-14-21(29)27-23(31)33-16-19-11-12-20(34-24(32)28-22(30)15-26)13-18(19)10-6-2-5-9-17-7-3-1-4-8-17/h1,3-4,7-8,18-20H,2,5-6,9-16H2,(H,27,29,31)(H,28,30,32)/t18-,19+,20-/m0/s1. The van der Waals surface area contributed by atoms with Gasteiger partial charge in [0.15, 0.2) is 0 Å². The first-order valence-electron chi connectivity index (χ1n) is 11.5. The Hall–Kier alpha value is -2.32. The summed E-state index contributed by atoms with van der Waals surface area (Å²) in [4.78, 5) is 46.3. The largest absolute Gasteiger partial charge is 0.449 e. The van der Waals surface area contributed by atoms with E-state index in [9.17, 15) is 19.2 Å². The van der Waals surface area contributed by atoms with Gasteiger partial charge in [-0.2, -0.15) is 0 Å². The predicted octanol–water partition coefficient (Wildman–Crippen LogP) is 4.56. The van der Waals surface area contributed by atoms with Gasteiger partial charge in [0.25, 0.3) is 0 Å². The van der Waals surface area contributed by atoms with Gasteiger partial charge < -0.3 is 9.47 Å². The van der Waals surface area contributed by atoms with Crippen LogP contribution in [0.1, 0.15) is 50.5 Å². The molecule has 2 rings (SSSR count). The average Bonchev–Trinajstić information content (AvgIpc) is 2.83. The Bertz CT molecular complexity index is 808. The van der Waals surface area contributed by atoms with Crippen molar-refractivity contribution >= 4 is 47.2 Å². The lowest BCUT2D eigenvalue weighted by Crippen LogP contribution is -2.39. The second kappa shape index (κ2) is 15.6. The van der Waals surface area contributed by atoms with Crippen LogP contribution in [0.5, 0.6) is 0 Å². The van der Waals surface area contributed by atoms with Gasteiger partial charge in [-0.25, -0.2) is 9.59 Å². The van der Waals surface area contributed by atoms with Crippen LogP contribution in [0.25, 0.3) is 0 Å². The van der Waals surface area contributed by atoms with E-state index in [1.54, 1.807) is 0 Å². The molecule has 1 aliphatic carbocycles. The third-order valence-corrected chi connectivity index (χ3v) is 6.39. The predicted molar refractivity (Wildman–Crippen MR) is 129 cm³/mol. The highest BCUT2D eigenvalue weighted by Crippen LogP contribution is 2.35. The topological polar surface area (TPSA) is 111 Å².